The van der Waals surface area contributed by atoms with Gasteiger partial charge in [-0.05, 0) is 43.5 Å². The van der Waals surface area contributed by atoms with Crippen LogP contribution >= 0.6 is 0 Å². The van der Waals surface area contributed by atoms with E-state index in [4.69, 9.17) is 10.5 Å². The molecule has 0 heterocycles. The van der Waals surface area contributed by atoms with Crippen LogP contribution in [0.15, 0.2) is 24.3 Å². The minimum Gasteiger partial charge on any atom is -0.460 e. The van der Waals surface area contributed by atoms with E-state index < -0.39 is 0 Å². The summed E-state index contributed by atoms with van der Waals surface area (Å²) in [5, 5.41) is 3.62. The Morgan fingerprint density at radius 1 is 1.09 bits per heavy atom. The number of rotatable bonds is 10. The normalized spacial score (nSPS) is 12.4. The van der Waals surface area contributed by atoms with Crippen LogP contribution in [0.25, 0.3) is 0 Å². The summed E-state index contributed by atoms with van der Waals surface area (Å²) < 4.78 is 5.44. The number of nitrogens with two attached hydrogens (primary N) is 1. The first kappa shape index (κ1) is 18.5. The number of nitrogen functional groups attached to an aromatic ring is 1. The van der Waals surface area contributed by atoms with Gasteiger partial charge in [0.1, 0.15) is 6.61 Å². The Kier molecular flexibility index (Phi) is 8.60. The van der Waals surface area contributed by atoms with Crippen molar-refractivity contribution in [1.29, 1.82) is 0 Å². The maximum absolute atomic E-state index is 12.0. The Labute approximate surface area is 134 Å². The summed E-state index contributed by atoms with van der Waals surface area (Å²) in [5.74, 6) is -0.289. The molecule has 1 atom stereocenters. The molecule has 1 rings (SSSR count). The Morgan fingerprint density at radius 2 is 1.68 bits per heavy atom. The molecular weight excluding hydrogens is 276 g/mol. The molecule has 1 unspecified atom stereocenters. The molecule has 0 saturated carbocycles. The Bertz CT molecular complexity index is 425. The summed E-state index contributed by atoms with van der Waals surface area (Å²) in [6, 6.07) is 7.54. The number of hydrogen-bond donors (Lipinski definition) is 2. The molecule has 0 spiro atoms. The molecule has 0 saturated heterocycles. The van der Waals surface area contributed by atoms with Crippen LogP contribution in [0.3, 0.4) is 0 Å². The average Bonchev–Trinajstić information content (AvgIpc) is 2.52. The maximum atomic E-state index is 12.0. The molecular formula is C18H30N2O2. The highest BCUT2D eigenvalue weighted by Gasteiger charge is 2.15. The van der Waals surface area contributed by atoms with E-state index in [1.807, 2.05) is 0 Å². The lowest BCUT2D eigenvalue weighted by molar-refractivity contribution is 0.0455. The predicted octanol–water partition coefficient (Wildman–Crippen LogP) is 3.76. The fourth-order valence-electron chi connectivity index (χ4n) is 2.50. The highest BCUT2D eigenvalue weighted by atomic mass is 16.5. The molecule has 1 aromatic carbocycles. The van der Waals surface area contributed by atoms with Crippen molar-refractivity contribution in [2.24, 2.45) is 0 Å². The zero-order valence-corrected chi connectivity index (χ0v) is 14.1. The number of anilines is 1. The highest BCUT2D eigenvalue weighted by molar-refractivity contribution is 5.89. The number of esters is 1. The van der Waals surface area contributed by atoms with Crippen molar-refractivity contribution in [3.63, 3.8) is 0 Å². The van der Waals surface area contributed by atoms with Crippen LogP contribution in [-0.2, 0) is 4.74 Å². The van der Waals surface area contributed by atoms with E-state index >= 15 is 0 Å². The predicted molar refractivity (Wildman–Crippen MR) is 92.0 cm³/mol. The zero-order valence-electron chi connectivity index (χ0n) is 14.1. The second-order valence-corrected chi connectivity index (χ2v) is 5.77. The maximum Gasteiger partial charge on any atom is 0.338 e. The van der Waals surface area contributed by atoms with Crippen LogP contribution in [0.5, 0.6) is 0 Å². The van der Waals surface area contributed by atoms with Gasteiger partial charge in [0.05, 0.1) is 5.56 Å². The topological polar surface area (TPSA) is 64.3 Å². The molecule has 0 bridgehead atoms. The summed E-state index contributed by atoms with van der Waals surface area (Å²) in [6.45, 7) is 6.92. The van der Waals surface area contributed by atoms with Crippen molar-refractivity contribution >= 4 is 11.7 Å². The van der Waals surface area contributed by atoms with Gasteiger partial charge in [0.15, 0.2) is 0 Å². The van der Waals surface area contributed by atoms with Gasteiger partial charge in [-0.2, -0.15) is 0 Å². The number of hydrogen-bond acceptors (Lipinski definition) is 4. The van der Waals surface area contributed by atoms with E-state index in [0.717, 1.165) is 19.3 Å². The van der Waals surface area contributed by atoms with Crippen molar-refractivity contribution in [2.75, 3.05) is 12.3 Å². The third-order valence-electron chi connectivity index (χ3n) is 3.80. The Morgan fingerprint density at radius 3 is 2.18 bits per heavy atom. The first-order valence-electron chi connectivity index (χ1n) is 8.39. The summed E-state index contributed by atoms with van der Waals surface area (Å²) in [7, 11) is 0. The first-order chi connectivity index (χ1) is 10.6. The summed E-state index contributed by atoms with van der Waals surface area (Å²) in [5.41, 5.74) is 6.81. The molecule has 0 amide bonds. The lowest BCUT2D eigenvalue weighted by Gasteiger charge is -2.24. The summed E-state index contributed by atoms with van der Waals surface area (Å²) in [4.78, 5) is 12.0. The quantitative estimate of drug-likeness (QED) is 0.510. The number of ether oxygens (including phenoxy) is 1. The Hall–Kier alpha value is -1.55. The third-order valence-corrected chi connectivity index (χ3v) is 3.80. The molecule has 0 radical (unpaired) electrons. The van der Waals surface area contributed by atoms with E-state index in [1.54, 1.807) is 24.3 Å². The molecule has 22 heavy (non-hydrogen) atoms. The molecule has 3 N–H and O–H groups in total. The van der Waals surface area contributed by atoms with Crippen LogP contribution in [0.1, 0.15) is 63.2 Å². The Balaban J connectivity index is 2.48. The molecule has 0 aliphatic heterocycles. The lowest BCUT2D eigenvalue weighted by atomic mass is 10.0. The molecule has 1 aromatic rings. The minimum atomic E-state index is -0.289. The fraction of sp³-hybridized carbons (Fsp3) is 0.611. The molecule has 0 aliphatic carbocycles. The summed E-state index contributed by atoms with van der Waals surface area (Å²) in [6.07, 6.45) is 5.60. The van der Waals surface area contributed by atoms with Gasteiger partial charge in [0.25, 0.3) is 0 Å². The average molecular weight is 306 g/mol. The van der Waals surface area contributed by atoms with Crippen LogP contribution in [0.4, 0.5) is 5.69 Å². The number of benzene rings is 1. The first-order valence-corrected chi connectivity index (χ1v) is 8.39. The van der Waals surface area contributed by atoms with Gasteiger partial charge < -0.3 is 15.8 Å². The van der Waals surface area contributed by atoms with Crippen molar-refractivity contribution in [1.82, 2.24) is 5.32 Å². The molecule has 0 aliphatic rings. The monoisotopic (exact) mass is 306 g/mol. The van der Waals surface area contributed by atoms with Gasteiger partial charge in [0, 0.05) is 17.8 Å². The highest BCUT2D eigenvalue weighted by Crippen LogP contribution is 2.10. The van der Waals surface area contributed by atoms with Crippen LogP contribution in [0.2, 0.25) is 0 Å². The van der Waals surface area contributed by atoms with Crippen LogP contribution in [0, 0.1) is 0 Å². The SMILES string of the molecule is CCCC(CCC)NC(CC)COC(=O)c1ccc(N)cc1. The van der Waals surface area contributed by atoms with E-state index in [0.29, 0.717) is 23.9 Å². The number of carbonyl (C=O) groups is 1. The standard InChI is InChI=1S/C18H30N2O2/c1-4-7-17(8-5-2)20-16(6-3)13-22-18(21)14-9-11-15(19)12-10-14/h9-12,16-17,20H,4-8,13,19H2,1-3H3. The second-order valence-electron chi connectivity index (χ2n) is 5.77. The van der Waals surface area contributed by atoms with Crippen molar-refractivity contribution in [3.05, 3.63) is 29.8 Å². The smallest absolute Gasteiger partial charge is 0.338 e. The van der Waals surface area contributed by atoms with Crippen molar-refractivity contribution in [3.8, 4) is 0 Å². The third kappa shape index (κ3) is 6.48. The molecule has 4 nitrogen and oxygen atoms in total. The zero-order chi connectivity index (χ0) is 16.4. The lowest BCUT2D eigenvalue weighted by Crippen LogP contribution is -2.41. The van der Waals surface area contributed by atoms with Gasteiger partial charge in [-0.3, -0.25) is 0 Å². The molecule has 4 heteroatoms. The molecule has 0 aromatic heterocycles. The van der Waals surface area contributed by atoms with Crippen LogP contribution in [-0.4, -0.2) is 24.7 Å². The van der Waals surface area contributed by atoms with Gasteiger partial charge in [-0.25, -0.2) is 4.79 Å². The van der Waals surface area contributed by atoms with Gasteiger partial charge >= 0.3 is 5.97 Å². The van der Waals surface area contributed by atoms with E-state index in [-0.39, 0.29) is 12.0 Å². The largest absolute Gasteiger partial charge is 0.460 e. The van der Waals surface area contributed by atoms with Gasteiger partial charge in [0.2, 0.25) is 0 Å². The van der Waals surface area contributed by atoms with Gasteiger partial charge in [-0.1, -0.05) is 33.6 Å². The molecule has 124 valence electrons. The van der Waals surface area contributed by atoms with Gasteiger partial charge in [-0.15, -0.1) is 0 Å². The van der Waals surface area contributed by atoms with Crippen LogP contribution < -0.4 is 11.1 Å². The van der Waals surface area contributed by atoms with Crippen molar-refractivity contribution < 1.29 is 9.53 Å². The molecule has 0 fully saturated rings. The fourth-order valence-corrected chi connectivity index (χ4v) is 2.50. The van der Waals surface area contributed by atoms with E-state index in [1.165, 1.54) is 12.8 Å². The van der Waals surface area contributed by atoms with E-state index in [2.05, 4.69) is 26.1 Å². The van der Waals surface area contributed by atoms with E-state index in [9.17, 15) is 4.79 Å². The number of carbonyl (C=O) groups excluding carboxylic acids is 1. The number of nitrogens with one attached hydrogen (secondary N) is 1. The minimum absolute atomic E-state index is 0.209. The van der Waals surface area contributed by atoms with Crippen molar-refractivity contribution in [2.45, 2.75) is 65.0 Å². The second kappa shape index (κ2) is 10.2. The summed E-state index contributed by atoms with van der Waals surface area (Å²) >= 11 is 0.